The molecule has 1 heterocycles. The van der Waals surface area contributed by atoms with Crippen LogP contribution in [0.2, 0.25) is 0 Å². The van der Waals surface area contributed by atoms with Crippen molar-refractivity contribution < 1.29 is 8.42 Å². The Bertz CT molecular complexity index is 428. The number of hydrogen-bond donors (Lipinski definition) is 1. The summed E-state index contributed by atoms with van der Waals surface area (Å²) in [6.45, 7) is 0. The summed E-state index contributed by atoms with van der Waals surface area (Å²) in [4.78, 5) is 0.210. The molecule has 0 fully saturated rings. The van der Waals surface area contributed by atoms with Gasteiger partial charge in [0, 0.05) is 7.05 Å². The van der Waals surface area contributed by atoms with Crippen LogP contribution in [0, 0.1) is 11.3 Å². The standard InChI is InChI=1S/C7H8N2O2S2/c1-9-7-6(2-4-12-7)13(10,11)5-3-8/h2,4,9H,5H2,1H3. The summed E-state index contributed by atoms with van der Waals surface area (Å²) >= 11 is 1.30. The van der Waals surface area contributed by atoms with Crippen molar-refractivity contribution in [1.29, 1.82) is 5.26 Å². The molecule has 1 N–H and O–H groups in total. The molecule has 1 rings (SSSR count). The molecule has 0 aliphatic heterocycles. The van der Waals surface area contributed by atoms with E-state index in [1.807, 2.05) is 0 Å². The van der Waals surface area contributed by atoms with Crippen molar-refractivity contribution in [3.8, 4) is 6.07 Å². The normalized spacial score (nSPS) is 10.8. The average molecular weight is 216 g/mol. The number of sulfone groups is 1. The van der Waals surface area contributed by atoms with Crippen LogP contribution in [0.5, 0.6) is 0 Å². The predicted octanol–water partition coefficient (Wildman–Crippen LogP) is 1.09. The van der Waals surface area contributed by atoms with Gasteiger partial charge in [0.25, 0.3) is 0 Å². The summed E-state index contributed by atoms with van der Waals surface area (Å²) in [5, 5.41) is 13.3. The number of nitrogens with one attached hydrogen (secondary N) is 1. The van der Waals surface area contributed by atoms with Gasteiger partial charge in [0.2, 0.25) is 0 Å². The Hall–Kier alpha value is -1.06. The van der Waals surface area contributed by atoms with Crippen molar-refractivity contribution >= 4 is 26.2 Å². The van der Waals surface area contributed by atoms with Gasteiger partial charge in [-0.1, -0.05) is 0 Å². The van der Waals surface area contributed by atoms with Crippen LogP contribution in [-0.4, -0.2) is 21.2 Å². The van der Waals surface area contributed by atoms with E-state index in [1.54, 1.807) is 18.5 Å². The third-order valence-electron chi connectivity index (χ3n) is 1.45. The lowest BCUT2D eigenvalue weighted by Crippen LogP contribution is -2.05. The molecule has 0 amide bonds. The van der Waals surface area contributed by atoms with Gasteiger partial charge in [-0.25, -0.2) is 8.42 Å². The van der Waals surface area contributed by atoms with E-state index in [0.717, 1.165) is 0 Å². The highest BCUT2D eigenvalue weighted by Crippen LogP contribution is 2.27. The van der Waals surface area contributed by atoms with Gasteiger partial charge < -0.3 is 5.32 Å². The molecule has 0 radical (unpaired) electrons. The van der Waals surface area contributed by atoms with Crippen molar-refractivity contribution in [2.24, 2.45) is 0 Å². The van der Waals surface area contributed by atoms with Gasteiger partial charge in [-0.2, -0.15) is 5.26 Å². The molecule has 1 aromatic rings. The van der Waals surface area contributed by atoms with E-state index in [4.69, 9.17) is 5.26 Å². The molecule has 70 valence electrons. The summed E-state index contributed by atoms with van der Waals surface area (Å²) in [5.41, 5.74) is 0. The van der Waals surface area contributed by atoms with Crippen molar-refractivity contribution in [1.82, 2.24) is 0 Å². The Kier molecular flexibility index (Phi) is 2.90. The number of nitriles is 1. The third kappa shape index (κ3) is 1.99. The van der Waals surface area contributed by atoms with Crippen molar-refractivity contribution in [3.63, 3.8) is 0 Å². The molecular weight excluding hydrogens is 208 g/mol. The molecule has 1 aromatic heterocycles. The van der Waals surface area contributed by atoms with Crippen LogP contribution < -0.4 is 5.32 Å². The molecule has 0 saturated heterocycles. The molecule has 4 nitrogen and oxygen atoms in total. The molecule has 0 unspecified atom stereocenters. The highest BCUT2D eigenvalue weighted by Gasteiger charge is 2.18. The zero-order valence-electron chi connectivity index (χ0n) is 6.94. The van der Waals surface area contributed by atoms with E-state index < -0.39 is 15.6 Å². The van der Waals surface area contributed by atoms with Crippen molar-refractivity contribution in [2.75, 3.05) is 18.1 Å². The van der Waals surface area contributed by atoms with Gasteiger partial charge in [-0.3, -0.25) is 0 Å². The zero-order chi connectivity index (χ0) is 9.90. The molecule has 6 heteroatoms. The van der Waals surface area contributed by atoms with Crippen LogP contribution in [-0.2, 0) is 9.84 Å². The third-order valence-corrected chi connectivity index (χ3v) is 4.03. The average Bonchev–Trinajstić information content (AvgIpc) is 2.51. The van der Waals surface area contributed by atoms with Crippen LogP contribution in [0.15, 0.2) is 16.3 Å². The van der Waals surface area contributed by atoms with Gasteiger partial charge in [-0.15, -0.1) is 11.3 Å². The molecule has 0 bridgehead atoms. The number of rotatable bonds is 3. The maximum Gasteiger partial charge on any atom is 0.194 e. The van der Waals surface area contributed by atoms with Gasteiger partial charge in [0.05, 0.1) is 6.07 Å². The van der Waals surface area contributed by atoms with Gasteiger partial charge >= 0.3 is 0 Å². The van der Waals surface area contributed by atoms with Gasteiger partial charge in [0.1, 0.15) is 15.6 Å². The molecule has 0 aliphatic rings. The van der Waals surface area contributed by atoms with E-state index in [0.29, 0.717) is 5.00 Å². The minimum absolute atomic E-state index is 0.210. The molecule has 0 aromatic carbocycles. The first kappa shape index (κ1) is 10.0. The highest BCUT2D eigenvalue weighted by atomic mass is 32.2. The van der Waals surface area contributed by atoms with Crippen LogP contribution >= 0.6 is 11.3 Å². The Labute approximate surface area is 80.7 Å². The predicted molar refractivity (Wildman–Crippen MR) is 51.5 cm³/mol. The Morgan fingerprint density at radius 1 is 1.69 bits per heavy atom. The zero-order valence-corrected chi connectivity index (χ0v) is 8.58. The molecule has 0 spiro atoms. The van der Waals surface area contributed by atoms with Crippen LogP contribution in [0.25, 0.3) is 0 Å². The maximum atomic E-state index is 11.4. The summed E-state index contributed by atoms with van der Waals surface area (Å²) in [6.07, 6.45) is 0. The fourth-order valence-electron chi connectivity index (χ4n) is 0.887. The topological polar surface area (TPSA) is 70.0 Å². The first-order chi connectivity index (χ1) is 6.11. The quantitative estimate of drug-likeness (QED) is 0.821. The second-order valence-corrected chi connectivity index (χ2v) is 5.16. The van der Waals surface area contributed by atoms with E-state index in [1.165, 1.54) is 17.4 Å². The SMILES string of the molecule is CNc1sccc1S(=O)(=O)CC#N. The van der Waals surface area contributed by atoms with E-state index in [2.05, 4.69) is 5.32 Å². The maximum absolute atomic E-state index is 11.4. The largest absolute Gasteiger partial charge is 0.379 e. The van der Waals surface area contributed by atoms with E-state index in [-0.39, 0.29) is 4.90 Å². The Morgan fingerprint density at radius 3 is 2.92 bits per heavy atom. The van der Waals surface area contributed by atoms with Crippen molar-refractivity contribution in [2.45, 2.75) is 4.90 Å². The first-order valence-electron chi connectivity index (χ1n) is 3.47. The molecular formula is C7H8N2O2S2. The lowest BCUT2D eigenvalue weighted by molar-refractivity contribution is 0.600. The Morgan fingerprint density at radius 2 is 2.38 bits per heavy atom. The number of hydrogen-bond acceptors (Lipinski definition) is 5. The van der Waals surface area contributed by atoms with Crippen LogP contribution in [0.4, 0.5) is 5.00 Å². The second-order valence-electron chi connectivity index (χ2n) is 2.28. The summed E-state index contributed by atoms with van der Waals surface area (Å²) in [5.74, 6) is -0.474. The summed E-state index contributed by atoms with van der Waals surface area (Å²) < 4.78 is 22.8. The van der Waals surface area contributed by atoms with Crippen LogP contribution in [0.3, 0.4) is 0 Å². The number of nitrogens with zero attached hydrogens (tertiary/aromatic N) is 1. The summed E-state index contributed by atoms with van der Waals surface area (Å²) in [6, 6.07) is 3.14. The second kappa shape index (κ2) is 3.77. The van der Waals surface area contributed by atoms with E-state index >= 15 is 0 Å². The molecule has 0 aliphatic carbocycles. The fraction of sp³-hybridized carbons (Fsp3) is 0.286. The van der Waals surface area contributed by atoms with Crippen LogP contribution in [0.1, 0.15) is 0 Å². The van der Waals surface area contributed by atoms with Gasteiger partial charge in [0.15, 0.2) is 9.84 Å². The fourth-order valence-corrected chi connectivity index (χ4v) is 3.13. The summed E-state index contributed by atoms with van der Waals surface area (Å²) in [7, 11) is -1.77. The van der Waals surface area contributed by atoms with Gasteiger partial charge in [-0.05, 0) is 11.4 Å². The molecule has 13 heavy (non-hydrogen) atoms. The number of anilines is 1. The Balaban J connectivity index is 3.16. The minimum Gasteiger partial charge on any atom is -0.379 e. The minimum atomic E-state index is -3.42. The molecule has 0 saturated carbocycles. The lowest BCUT2D eigenvalue weighted by atomic mass is 10.6. The first-order valence-corrected chi connectivity index (χ1v) is 6.00. The number of thiophene rings is 1. The monoisotopic (exact) mass is 216 g/mol. The smallest absolute Gasteiger partial charge is 0.194 e. The lowest BCUT2D eigenvalue weighted by Gasteiger charge is -2.00. The van der Waals surface area contributed by atoms with E-state index in [9.17, 15) is 8.42 Å². The highest BCUT2D eigenvalue weighted by molar-refractivity contribution is 7.92. The van der Waals surface area contributed by atoms with Crippen molar-refractivity contribution in [3.05, 3.63) is 11.4 Å². The molecule has 0 atom stereocenters.